The second kappa shape index (κ2) is 8.78. The van der Waals surface area contributed by atoms with Crippen molar-refractivity contribution in [3.63, 3.8) is 0 Å². The summed E-state index contributed by atoms with van der Waals surface area (Å²) < 4.78 is 45.6. The number of nitrogens with zero attached hydrogens (tertiary/aromatic N) is 3. The zero-order valence-electron chi connectivity index (χ0n) is 17.7. The number of hydrogen-bond acceptors (Lipinski definition) is 4. The molecule has 0 aliphatic carbocycles. The maximum atomic E-state index is 12.9. The van der Waals surface area contributed by atoms with Crippen molar-refractivity contribution in [2.75, 3.05) is 12.4 Å². The first kappa shape index (κ1) is 22.1. The van der Waals surface area contributed by atoms with Gasteiger partial charge in [0.2, 0.25) is 0 Å². The number of rotatable bonds is 5. The highest BCUT2D eigenvalue weighted by atomic mass is 19.4. The van der Waals surface area contributed by atoms with Gasteiger partial charge in [-0.05, 0) is 55.0 Å². The van der Waals surface area contributed by atoms with E-state index in [1.807, 2.05) is 31.2 Å². The molecule has 1 aromatic heterocycles. The fourth-order valence-corrected chi connectivity index (χ4v) is 3.28. The van der Waals surface area contributed by atoms with Gasteiger partial charge in [0.1, 0.15) is 0 Å². The van der Waals surface area contributed by atoms with E-state index in [1.165, 1.54) is 19.2 Å². The highest BCUT2D eigenvalue weighted by Gasteiger charge is 2.30. The molecule has 1 amide bonds. The Morgan fingerprint density at radius 1 is 1.00 bits per heavy atom. The van der Waals surface area contributed by atoms with Crippen LogP contribution in [-0.4, -0.2) is 27.8 Å². The van der Waals surface area contributed by atoms with Crippen LogP contribution in [0.25, 0.3) is 17.1 Å². The number of carbonyl (C=O) groups excluding carboxylic acids is 1. The fraction of sp³-hybridized carbons (Fsp3) is 0.125. The maximum Gasteiger partial charge on any atom is 0.416 e. The fourth-order valence-electron chi connectivity index (χ4n) is 3.28. The number of carbonyl (C=O) groups is 1. The Balaban J connectivity index is 1.59. The molecular weight excluding hydrogens is 433 g/mol. The van der Waals surface area contributed by atoms with Gasteiger partial charge < -0.3 is 10.1 Å². The van der Waals surface area contributed by atoms with Gasteiger partial charge in [0.25, 0.3) is 5.91 Å². The van der Waals surface area contributed by atoms with Crippen LogP contribution in [0.3, 0.4) is 0 Å². The normalized spacial score (nSPS) is 11.3. The van der Waals surface area contributed by atoms with Crippen molar-refractivity contribution in [3.8, 4) is 23.1 Å². The van der Waals surface area contributed by atoms with Crippen LogP contribution in [0.5, 0.6) is 6.01 Å². The van der Waals surface area contributed by atoms with Gasteiger partial charge in [0, 0.05) is 16.8 Å². The number of nitrogens with one attached hydrogen (secondary N) is 1. The van der Waals surface area contributed by atoms with Crippen molar-refractivity contribution >= 4 is 11.6 Å². The Labute approximate surface area is 187 Å². The number of alkyl halides is 3. The van der Waals surface area contributed by atoms with Crippen LogP contribution in [0.2, 0.25) is 0 Å². The molecule has 0 spiro atoms. The minimum Gasteiger partial charge on any atom is -0.466 e. The number of ether oxygens (including phenoxy) is 1. The predicted molar refractivity (Wildman–Crippen MR) is 117 cm³/mol. The molecule has 9 heteroatoms. The predicted octanol–water partition coefficient (Wildman–Crippen LogP) is 5.52. The molecule has 0 aliphatic rings. The molecule has 4 aromatic rings. The summed E-state index contributed by atoms with van der Waals surface area (Å²) in [5.41, 5.74) is 2.02. The minimum atomic E-state index is -4.52. The van der Waals surface area contributed by atoms with Gasteiger partial charge in [-0.3, -0.25) is 4.79 Å². The molecule has 0 aliphatic heterocycles. The summed E-state index contributed by atoms with van der Waals surface area (Å²) in [5, 5.41) is 6.99. The van der Waals surface area contributed by atoms with Crippen molar-refractivity contribution in [1.29, 1.82) is 0 Å². The van der Waals surface area contributed by atoms with Crippen molar-refractivity contribution in [2.45, 2.75) is 13.1 Å². The average Bonchev–Trinajstić information content (AvgIpc) is 3.24. The molecule has 6 nitrogen and oxygen atoms in total. The third-order valence-corrected chi connectivity index (χ3v) is 4.98. The van der Waals surface area contributed by atoms with Gasteiger partial charge in [-0.15, -0.1) is 5.10 Å². The first-order chi connectivity index (χ1) is 15.8. The monoisotopic (exact) mass is 452 g/mol. The quantitative estimate of drug-likeness (QED) is 0.433. The van der Waals surface area contributed by atoms with Gasteiger partial charge in [0.15, 0.2) is 5.82 Å². The lowest BCUT2D eigenvalue weighted by molar-refractivity contribution is -0.137. The van der Waals surface area contributed by atoms with E-state index < -0.39 is 17.6 Å². The largest absolute Gasteiger partial charge is 0.466 e. The van der Waals surface area contributed by atoms with Crippen LogP contribution in [0.4, 0.5) is 18.9 Å². The second-order valence-electron chi connectivity index (χ2n) is 7.23. The Morgan fingerprint density at radius 2 is 1.73 bits per heavy atom. The number of amides is 1. The third kappa shape index (κ3) is 4.72. The Kier molecular flexibility index (Phi) is 5.87. The molecule has 0 bridgehead atoms. The van der Waals surface area contributed by atoms with Crippen molar-refractivity contribution < 1.29 is 22.7 Å². The molecule has 0 fully saturated rings. The van der Waals surface area contributed by atoms with Crippen LogP contribution in [0, 0.1) is 6.92 Å². The number of anilines is 1. The first-order valence-electron chi connectivity index (χ1n) is 9.92. The van der Waals surface area contributed by atoms with Gasteiger partial charge in [-0.2, -0.15) is 18.2 Å². The molecule has 0 saturated carbocycles. The number of methoxy groups -OCH3 is 1. The number of halogens is 3. The zero-order chi connectivity index (χ0) is 23.6. The van der Waals surface area contributed by atoms with Crippen LogP contribution in [0.15, 0.2) is 72.8 Å². The minimum absolute atomic E-state index is 0.0863. The van der Waals surface area contributed by atoms with Gasteiger partial charge in [0.05, 0.1) is 18.4 Å². The van der Waals surface area contributed by atoms with Crippen molar-refractivity contribution in [3.05, 3.63) is 89.5 Å². The summed E-state index contributed by atoms with van der Waals surface area (Å²) in [5.74, 6) is -0.0532. The Hall–Kier alpha value is -4.14. The molecule has 3 aromatic carbocycles. The lowest BCUT2D eigenvalue weighted by atomic mass is 10.1. The van der Waals surface area contributed by atoms with E-state index in [0.29, 0.717) is 17.2 Å². The standard InChI is InChI=1S/C24H19F3N4O2/c1-15-6-3-4-9-20(15)21-29-23(33-2)30-31(21)19-12-10-18(11-13-19)28-22(32)16-7-5-8-17(14-16)24(25,26)27/h3-14H,1-2H3,(H,28,32). The molecule has 0 saturated heterocycles. The van der Waals surface area contributed by atoms with Crippen molar-refractivity contribution in [2.24, 2.45) is 0 Å². The SMILES string of the molecule is COc1nc(-c2ccccc2C)n(-c2ccc(NC(=O)c3cccc(C(F)(F)F)c3)cc2)n1. The van der Waals surface area contributed by atoms with Crippen LogP contribution in [-0.2, 0) is 6.18 Å². The number of aromatic nitrogens is 3. The lowest BCUT2D eigenvalue weighted by Gasteiger charge is -2.11. The summed E-state index contributed by atoms with van der Waals surface area (Å²) in [6, 6.07) is 18.9. The third-order valence-electron chi connectivity index (χ3n) is 4.98. The average molecular weight is 452 g/mol. The summed E-state index contributed by atoms with van der Waals surface area (Å²) >= 11 is 0. The summed E-state index contributed by atoms with van der Waals surface area (Å²) in [6.45, 7) is 1.97. The Morgan fingerprint density at radius 3 is 2.39 bits per heavy atom. The smallest absolute Gasteiger partial charge is 0.416 e. The summed E-state index contributed by atoms with van der Waals surface area (Å²) in [7, 11) is 1.48. The molecule has 4 rings (SSSR count). The zero-order valence-corrected chi connectivity index (χ0v) is 17.7. The van der Waals surface area contributed by atoms with Gasteiger partial charge >= 0.3 is 12.2 Å². The molecule has 168 valence electrons. The molecule has 0 radical (unpaired) electrons. The highest BCUT2D eigenvalue weighted by molar-refractivity contribution is 6.04. The molecule has 1 N–H and O–H groups in total. The van der Waals surface area contributed by atoms with E-state index in [4.69, 9.17) is 4.74 Å². The molecule has 1 heterocycles. The second-order valence-corrected chi connectivity index (χ2v) is 7.23. The number of aryl methyl sites for hydroxylation is 1. The van der Waals surface area contributed by atoms with Crippen LogP contribution < -0.4 is 10.1 Å². The highest BCUT2D eigenvalue weighted by Crippen LogP contribution is 2.30. The molecule has 33 heavy (non-hydrogen) atoms. The van der Waals surface area contributed by atoms with E-state index in [2.05, 4.69) is 15.4 Å². The lowest BCUT2D eigenvalue weighted by Crippen LogP contribution is -2.14. The van der Waals surface area contributed by atoms with E-state index >= 15 is 0 Å². The molecule has 0 atom stereocenters. The van der Waals surface area contributed by atoms with E-state index in [1.54, 1.807) is 28.9 Å². The maximum absolute atomic E-state index is 12.9. The van der Waals surface area contributed by atoms with Crippen LogP contribution >= 0.6 is 0 Å². The molecule has 0 unspecified atom stereocenters. The first-order valence-corrected chi connectivity index (χ1v) is 9.92. The topological polar surface area (TPSA) is 69.0 Å². The van der Waals surface area contributed by atoms with Crippen LogP contribution in [0.1, 0.15) is 21.5 Å². The van der Waals surface area contributed by atoms with E-state index in [0.717, 1.165) is 23.3 Å². The van der Waals surface area contributed by atoms with Gasteiger partial charge in [-0.1, -0.05) is 30.3 Å². The Bertz CT molecular complexity index is 1300. The molecular formula is C24H19F3N4O2. The van der Waals surface area contributed by atoms with E-state index in [-0.39, 0.29) is 11.6 Å². The summed E-state index contributed by atoms with van der Waals surface area (Å²) in [4.78, 5) is 16.9. The summed E-state index contributed by atoms with van der Waals surface area (Å²) in [6.07, 6.45) is -4.52. The van der Waals surface area contributed by atoms with Gasteiger partial charge in [-0.25, -0.2) is 4.68 Å². The van der Waals surface area contributed by atoms with Crippen molar-refractivity contribution in [1.82, 2.24) is 14.8 Å². The number of benzene rings is 3. The van der Waals surface area contributed by atoms with E-state index in [9.17, 15) is 18.0 Å². The number of hydrogen-bond donors (Lipinski definition) is 1.